The Balaban J connectivity index is -0.000000135. The van der Waals surface area contributed by atoms with Crippen LogP contribution in [-0.2, 0) is 0 Å². The Morgan fingerprint density at radius 1 is 0.636 bits per heavy atom. The third kappa shape index (κ3) is 14.3. The maximum atomic E-state index is 8.43. The smallest absolute Gasteiger partial charge is 1.00 e. The molecule has 0 rings (SSSR count). The molecule has 0 spiro atoms. The zero-order chi connectivity index (χ0) is 7.66. The Bertz CT molecular complexity index is 60.1. The quantitative estimate of drug-likeness (QED) is 0.514. The van der Waals surface area contributed by atoms with Gasteiger partial charge in [-0.2, -0.15) is 0 Å². The average Bonchev–Trinajstić information content (AvgIpc) is 1.97. The van der Waals surface area contributed by atoms with Gasteiger partial charge >= 0.3 is 45.5 Å². The summed E-state index contributed by atoms with van der Waals surface area (Å²) < 4.78 is 0. The molecule has 0 aliphatic heterocycles. The van der Waals surface area contributed by atoms with Crippen LogP contribution in [0.3, 0.4) is 0 Å². The van der Waals surface area contributed by atoms with Crippen molar-refractivity contribution in [3.05, 3.63) is 0 Å². The van der Waals surface area contributed by atoms with Crippen LogP contribution < -0.4 is 0 Å². The van der Waals surface area contributed by atoms with Gasteiger partial charge < -0.3 is 13.1 Å². The fraction of sp³-hybridized carbons (Fsp3) is 1.00. The minimum Gasteiger partial charge on any atom is -1.00 e. The Morgan fingerprint density at radius 3 is 1.18 bits per heavy atom. The van der Waals surface area contributed by atoms with Crippen LogP contribution in [0.15, 0.2) is 0 Å². The molecule has 2 nitrogen and oxygen atoms in total. The Hall–Kier alpha value is 1.40. The van der Waals surface area contributed by atoms with E-state index >= 15 is 0 Å². The molecule has 0 amide bonds. The molecule has 0 aromatic rings. The van der Waals surface area contributed by atoms with Crippen molar-refractivity contribution in [1.82, 2.24) is 0 Å². The second-order valence-corrected chi connectivity index (χ2v) is 2.57. The number of hydrogen-bond donors (Lipinski definition) is 2. The van der Waals surface area contributed by atoms with Gasteiger partial charge in [-0.15, -0.1) is 0 Å². The van der Waals surface area contributed by atoms with E-state index in [4.69, 9.17) is 10.2 Å². The van der Waals surface area contributed by atoms with E-state index in [-0.39, 0.29) is 48.3 Å². The summed E-state index contributed by atoms with van der Waals surface area (Å²) in [4.78, 5) is 0. The predicted octanol–water partition coefficient (Wildman–Crippen LogP) is 1.16. The first-order valence-corrected chi connectivity index (χ1v) is 4.13. The van der Waals surface area contributed by atoms with Crippen LogP contribution in [0.1, 0.15) is 41.4 Å². The van der Waals surface area contributed by atoms with Gasteiger partial charge in [0.05, 0.1) is 0 Å². The van der Waals surface area contributed by atoms with Crippen LogP contribution in [0.2, 0.25) is 0 Å². The van der Waals surface area contributed by atoms with E-state index in [1.165, 1.54) is 12.8 Å². The summed E-state index contributed by atoms with van der Waals surface area (Å²) in [7, 11) is 0. The largest absolute Gasteiger partial charge is 2.00 e. The van der Waals surface area contributed by atoms with Crippen LogP contribution in [0, 0.1) is 0 Å². The molecule has 11 heavy (non-hydrogen) atoms. The summed E-state index contributed by atoms with van der Waals surface area (Å²) in [5.74, 6) is 0. The van der Waals surface area contributed by atoms with Crippen molar-refractivity contribution >= 4 is 45.5 Å². The molecule has 0 radical (unpaired) electrons. The SMILES string of the molecule is OCCCCCCCCO.[H-].[H-].[Sr+2]. The molecule has 0 atom stereocenters. The van der Waals surface area contributed by atoms with Gasteiger partial charge in [0.25, 0.3) is 0 Å². The van der Waals surface area contributed by atoms with E-state index in [0.717, 1.165) is 25.7 Å². The molecule has 0 aliphatic rings. The molecular weight excluding hydrogens is 216 g/mol. The monoisotopic (exact) mass is 236 g/mol. The van der Waals surface area contributed by atoms with E-state index in [2.05, 4.69) is 0 Å². The van der Waals surface area contributed by atoms with Gasteiger partial charge in [-0.05, 0) is 12.8 Å². The molecule has 0 aromatic carbocycles. The number of aliphatic hydroxyl groups is 2. The topological polar surface area (TPSA) is 40.5 Å². The summed E-state index contributed by atoms with van der Waals surface area (Å²) in [6, 6.07) is 0. The predicted molar refractivity (Wildman–Crippen MR) is 49.9 cm³/mol. The Kier molecular flexibility index (Phi) is 18.9. The average molecular weight is 236 g/mol. The molecule has 0 aromatic heterocycles. The van der Waals surface area contributed by atoms with Gasteiger partial charge in [0.2, 0.25) is 0 Å². The zero-order valence-electron chi connectivity index (χ0n) is 9.26. The van der Waals surface area contributed by atoms with Crippen molar-refractivity contribution in [1.29, 1.82) is 0 Å². The van der Waals surface area contributed by atoms with E-state index < -0.39 is 0 Å². The normalized spacial score (nSPS) is 9.27. The van der Waals surface area contributed by atoms with Crippen molar-refractivity contribution in [3.8, 4) is 0 Å². The minimum atomic E-state index is 0. The van der Waals surface area contributed by atoms with Crippen molar-refractivity contribution in [2.45, 2.75) is 38.5 Å². The number of aliphatic hydroxyl groups excluding tert-OH is 2. The molecule has 0 unspecified atom stereocenters. The van der Waals surface area contributed by atoms with Gasteiger partial charge in [0.15, 0.2) is 0 Å². The second kappa shape index (κ2) is 14.0. The molecule has 0 bridgehead atoms. The van der Waals surface area contributed by atoms with Crippen LogP contribution in [0.4, 0.5) is 0 Å². The molecular formula is C8H20O2Sr. The van der Waals surface area contributed by atoms with Gasteiger partial charge in [-0.3, -0.25) is 0 Å². The minimum absolute atomic E-state index is 0. The third-order valence-electron chi connectivity index (χ3n) is 1.57. The third-order valence-corrected chi connectivity index (χ3v) is 1.57. The summed E-state index contributed by atoms with van der Waals surface area (Å²) in [5.41, 5.74) is 0. The maximum absolute atomic E-state index is 8.43. The first-order valence-electron chi connectivity index (χ1n) is 4.13. The van der Waals surface area contributed by atoms with Gasteiger partial charge in [0, 0.05) is 13.2 Å². The Labute approximate surface area is 109 Å². The number of unbranched alkanes of at least 4 members (excludes halogenated alkanes) is 5. The number of rotatable bonds is 7. The molecule has 3 heteroatoms. The van der Waals surface area contributed by atoms with Crippen LogP contribution in [0.5, 0.6) is 0 Å². The van der Waals surface area contributed by atoms with Gasteiger partial charge in [-0.25, -0.2) is 0 Å². The molecule has 0 saturated carbocycles. The van der Waals surface area contributed by atoms with Crippen LogP contribution in [0.25, 0.3) is 0 Å². The second-order valence-electron chi connectivity index (χ2n) is 2.57. The molecule has 0 heterocycles. The fourth-order valence-corrected chi connectivity index (χ4v) is 0.931. The maximum Gasteiger partial charge on any atom is 2.00 e. The van der Waals surface area contributed by atoms with E-state index in [0.29, 0.717) is 13.2 Å². The summed E-state index contributed by atoms with van der Waals surface area (Å²) in [6.45, 7) is 0.639. The molecule has 0 aliphatic carbocycles. The molecule has 0 fully saturated rings. The van der Waals surface area contributed by atoms with Crippen molar-refractivity contribution in [2.75, 3.05) is 13.2 Å². The Morgan fingerprint density at radius 2 is 0.909 bits per heavy atom. The van der Waals surface area contributed by atoms with Crippen molar-refractivity contribution in [3.63, 3.8) is 0 Å². The number of hydrogen-bond acceptors (Lipinski definition) is 2. The van der Waals surface area contributed by atoms with Gasteiger partial charge in [-0.1, -0.05) is 25.7 Å². The zero-order valence-corrected chi connectivity index (χ0v) is 10.7. The summed E-state index contributed by atoms with van der Waals surface area (Å²) in [5, 5.41) is 16.9. The van der Waals surface area contributed by atoms with Crippen molar-refractivity contribution < 1.29 is 13.1 Å². The van der Waals surface area contributed by atoms with Crippen molar-refractivity contribution in [2.24, 2.45) is 0 Å². The molecule has 2 N–H and O–H groups in total. The van der Waals surface area contributed by atoms with Crippen LogP contribution >= 0.6 is 0 Å². The van der Waals surface area contributed by atoms with Crippen LogP contribution in [-0.4, -0.2) is 68.9 Å². The van der Waals surface area contributed by atoms with E-state index in [9.17, 15) is 0 Å². The first-order chi connectivity index (χ1) is 4.91. The molecule has 0 saturated heterocycles. The van der Waals surface area contributed by atoms with Gasteiger partial charge in [0.1, 0.15) is 0 Å². The summed E-state index contributed by atoms with van der Waals surface area (Å²) >= 11 is 0. The first kappa shape index (κ1) is 14.9. The van der Waals surface area contributed by atoms with E-state index in [1.807, 2.05) is 0 Å². The van der Waals surface area contributed by atoms with E-state index in [1.54, 1.807) is 0 Å². The summed E-state index contributed by atoms with van der Waals surface area (Å²) in [6.07, 6.45) is 6.50. The molecule has 66 valence electrons. The fourth-order valence-electron chi connectivity index (χ4n) is 0.931. The standard InChI is InChI=1S/C8H18O2.Sr.2H/c9-7-5-3-1-2-4-6-8-10;;;/h9-10H,1-8H2;;;/q;+2;2*-1.